The number of hydrogen-bond acceptors (Lipinski definition) is 4. The van der Waals surface area contributed by atoms with Gasteiger partial charge in [0, 0.05) is 23.3 Å². The zero-order chi connectivity index (χ0) is 19.1. The Balaban J connectivity index is 1.83. The van der Waals surface area contributed by atoms with E-state index in [-0.39, 0.29) is 0 Å². The molecular weight excluding hydrogens is 374 g/mol. The van der Waals surface area contributed by atoms with Crippen LogP contribution in [0.4, 0.5) is 0 Å². The van der Waals surface area contributed by atoms with Crippen LogP contribution < -0.4 is 0 Å². The summed E-state index contributed by atoms with van der Waals surface area (Å²) in [7, 11) is 0. The molecule has 0 bridgehead atoms. The van der Waals surface area contributed by atoms with Crippen molar-refractivity contribution in [3.05, 3.63) is 60.1 Å². The van der Waals surface area contributed by atoms with Crippen LogP contribution >= 0.6 is 11.6 Å². The van der Waals surface area contributed by atoms with Gasteiger partial charge in [0.05, 0.1) is 47.7 Å². The molecule has 0 radical (unpaired) electrons. The number of nitrogens with zero attached hydrogens (tertiary/aromatic N) is 6. The summed E-state index contributed by atoms with van der Waals surface area (Å²) in [6.45, 7) is 0.533. The largest absolute Gasteiger partial charge is 0.346 e. The van der Waals surface area contributed by atoms with Crippen molar-refractivity contribution in [2.75, 3.05) is 0 Å². The number of aryl methyl sites for hydroxylation is 1. The second kappa shape index (κ2) is 6.51. The fourth-order valence-electron chi connectivity index (χ4n) is 3.40. The Kier molecular flexibility index (Phi) is 3.85. The lowest BCUT2D eigenvalue weighted by molar-refractivity contribution is 0.627. The van der Waals surface area contributed by atoms with Crippen molar-refractivity contribution >= 4 is 33.7 Å². The fraction of sp³-hybridized carbons (Fsp3) is 0.100. The van der Waals surface area contributed by atoms with E-state index in [1.54, 1.807) is 17.1 Å². The number of imidazole rings is 1. The molecule has 0 atom stereocenters. The lowest BCUT2D eigenvalue weighted by Crippen LogP contribution is -1.99. The third kappa shape index (κ3) is 2.54. The summed E-state index contributed by atoms with van der Waals surface area (Å²) in [6, 6.07) is 11.8. The maximum atomic E-state index is 8.85. The van der Waals surface area contributed by atoms with E-state index in [0.717, 1.165) is 39.1 Å². The molecule has 1 aromatic carbocycles. The normalized spacial score (nSPS) is 11.3. The van der Waals surface area contributed by atoms with Gasteiger partial charge in [-0.2, -0.15) is 10.4 Å². The van der Waals surface area contributed by atoms with Gasteiger partial charge >= 0.3 is 0 Å². The number of H-pyrrole nitrogens is 1. The highest BCUT2D eigenvalue weighted by atomic mass is 35.5. The Morgan fingerprint density at radius 1 is 1.18 bits per heavy atom. The molecule has 0 aliphatic rings. The predicted molar refractivity (Wildman–Crippen MR) is 107 cm³/mol. The topological polar surface area (TPSA) is 88.1 Å². The van der Waals surface area contributed by atoms with Crippen LogP contribution in [0, 0.1) is 11.3 Å². The van der Waals surface area contributed by atoms with Crippen LogP contribution in [0.15, 0.2) is 55.1 Å². The first-order valence-corrected chi connectivity index (χ1v) is 9.13. The average Bonchev–Trinajstić information content (AvgIpc) is 3.43. The minimum Gasteiger partial charge on any atom is -0.346 e. The highest BCUT2D eigenvalue weighted by Gasteiger charge is 2.20. The number of pyridine rings is 1. The van der Waals surface area contributed by atoms with E-state index in [1.807, 2.05) is 47.3 Å². The van der Waals surface area contributed by atoms with Gasteiger partial charge in [0.1, 0.15) is 17.0 Å². The molecule has 4 aromatic heterocycles. The standard InChI is InChI=1S/C20H14ClN7/c21-16-5-2-1-4-14(16)20-26-17-11-24-19-15(6-8-23-19)18(17)28(20)13-10-25-27(12-13)9-3-7-22/h1-2,4-6,8,10-12H,3,9H2,(H,23,24). The van der Waals surface area contributed by atoms with Gasteiger partial charge in [0.2, 0.25) is 0 Å². The third-order valence-corrected chi connectivity index (χ3v) is 4.98. The first-order valence-electron chi connectivity index (χ1n) is 8.75. The molecule has 1 N–H and O–H groups in total. The SMILES string of the molecule is N#CCCn1cc(-n2c(-c3ccccc3Cl)nc3cnc4[nH]ccc4c32)cn1. The molecule has 5 aromatic rings. The van der Waals surface area contributed by atoms with Gasteiger partial charge in [-0.15, -0.1) is 0 Å². The Bertz CT molecular complexity index is 1350. The summed E-state index contributed by atoms with van der Waals surface area (Å²) in [6.07, 6.45) is 7.70. The van der Waals surface area contributed by atoms with Crippen LogP contribution in [0.5, 0.6) is 0 Å². The molecule has 0 spiro atoms. The van der Waals surface area contributed by atoms with E-state index in [9.17, 15) is 0 Å². The monoisotopic (exact) mass is 387 g/mol. The number of aromatic amines is 1. The molecule has 0 saturated carbocycles. The molecule has 0 fully saturated rings. The molecule has 8 heteroatoms. The average molecular weight is 388 g/mol. The van der Waals surface area contributed by atoms with Crippen LogP contribution in [-0.2, 0) is 6.54 Å². The van der Waals surface area contributed by atoms with Gasteiger partial charge in [-0.3, -0.25) is 9.25 Å². The van der Waals surface area contributed by atoms with Crippen molar-refractivity contribution in [3.8, 4) is 23.1 Å². The number of nitrogens with one attached hydrogen (secondary N) is 1. The molecule has 0 aliphatic heterocycles. The molecule has 136 valence electrons. The molecule has 0 aliphatic carbocycles. The Hall–Kier alpha value is -3.63. The molecule has 0 unspecified atom stereocenters. The molecule has 5 rings (SSSR count). The third-order valence-electron chi connectivity index (χ3n) is 4.65. The number of hydrogen-bond donors (Lipinski definition) is 1. The predicted octanol–water partition coefficient (Wildman–Crippen LogP) is 4.33. The molecule has 4 heterocycles. The first-order chi connectivity index (χ1) is 13.8. The lowest BCUT2D eigenvalue weighted by atomic mass is 10.2. The zero-order valence-electron chi connectivity index (χ0n) is 14.7. The van der Waals surface area contributed by atoms with Crippen molar-refractivity contribution < 1.29 is 0 Å². The summed E-state index contributed by atoms with van der Waals surface area (Å²) in [5, 5.41) is 14.8. The van der Waals surface area contributed by atoms with Crippen LogP contribution in [0.1, 0.15) is 6.42 Å². The Morgan fingerprint density at radius 3 is 2.93 bits per heavy atom. The van der Waals surface area contributed by atoms with E-state index < -0.39 is 0 Å². The number of benzene rings is 1. The van der Waals surface area contributed by atoms with Crippen LogP contribution in [0.25, 0.3) is 39.1 Å². The first kappa shape index (κ1) is 16.5. The van der Waals surface area contributed by atoms with Crippen molar-refractivity contribution in [3.63, 3.8) is 0 Å². The summed E-state index contributed by atoms with van der Waals surface area (Å²) in [5.41, 5.74) is 4.17. The maximum absolute atomic E-state index is 8.85. The molecular formula is C20H14ClN7. The summed E-state index contributed by atoms with van der Waals surface area (Å²) in [4.78, 5) is 12.4. The van der Waals surface area contributed by atoms with Crippen molar-refractivity contribution in [2.45, 2.75) is 13.0 Å². The van der Waals surface area contributed by atoms with Gasteiger partial charge in [0.25, 0.3) is 0 Å². The minimum atomic E-state index is 0.398. The molecule has 7 nitrogen and oxygen atoms in total. The van der Waals surface area contributed by atoms with Crippen molar-refractivity contribution in [1.82, 2.24) is 29.3 Å². The Labute approximate surface area is 164 Å². The minimum absolute atomic E-state index is 0.398. The number of nitriles is 1. The van der Waals surface area contributed by atoms with Gasteiger partial charge in [-0.05, 0) is 18.2 Å². The van der Waals surface area contributed by atoms with Gasteiger partial charge < -0.3 is 4.98 Å². The maximum Gasteiger partial charge on any atom is 0.147 e. The van der Waals surface area contributed by atoms with Crippen molar-refractivity contribution in [2.24, 2.45) is 0 Å². The molecule has 0 saturated heterocycles. The second-order valence-electron chi connectivity index (χ2n) is 6.35. The molecule has 0 amide bonds. The van der Waals surface area contributed by atoms with E-state index >= 15 is 0 Å². The smallest absolute Gasteiger partial charge is 0.147 e. The van der Waals surface area contributed by atoms with Crippen LogP contribution in [0.3, 0.4) is 0 Å². The number of rotatable bonds is 4. The van der Waals surface area contributed by atoms with Gasteiger partial charge in [-0.1, -0.05) is 23.7 Å². The number of aromatic nitrogens is 6. The molecule has 28 heavy (non-hydrogen) atoms. The lowest BCUT2D eigenvalue weighted by Gasteiger charge is -2.08. The Morgan fingerprint density at radius 2 is 2.07 bits per heavy atom. The van der Waals surface area contributed by atoms with Gasteiger partial charge in [0.15, 0.2) is 0 Å². The second-order valence-corrected chi connectivity index (χ2v) is 6.76. The van der Waals surface area contributed by atoms with E-state index in [1.165, 1.54) is 0 Å². The summed E-state index contributed by atoms with van der Waals surface area (Å²) in [5.74, 6) is 0.718. The van der Waals surface area contributed by atoms with Gasteiger partial charge in [-0.25, -0.2) is 9.97 Å². The van der Waals surface area contributed by atoms with Crippen LogP contribution in [-0.4, -0.2) is 29.3 Å². The summed E-state index contributed by atoms with van der Waals surface area (Å²) >= 11 is 6.48. The van der Waals surface area contributed by atoms with E-state index in [2.05, 4.69) is 21.1 Å². The highest BCUT2D eigenvalue weighted by molar-refractivity contribution is 6.33. The van der Waals surface area contributed by atoms with E-state index in [4.69, 9.17) is 21.8 Å². The number of halogens is 1. The zero-order valence-corrected chi connectivity index (χ0v) is 15.4. The highest BCUT2D eigenvalue weighted by Crippen LogP contribution is 2.34. The fourth-order valence-corrected chi connectivity index (χ4v) is 3.62. The van der Waals surface area contributed by atoms with E-state index in [0.29, 0.717) is 18.0 Å². The van der Waals surface area contributed by atoms with Crippen molar-refractivity contribution in [1.29, 1.82) is 5.26 Å². The van der Waals surface area contributed by atoms with Crippen LogP contribution in [0.2, 0.25) is 5.02 Å². The number of fused-ring (bicyclic) bond motifs is 3. The summed E-state index contributed by atoms with van der Waals surface area (Å²) < 4.78 is 3.81. The quantitative estimate of drug-likeness (QED) is 0.497.